The van der Waals surface area contributed by atoms with Crippen LogP contribution < -0.4 is 5.73 Å². The normalized spacial score (nSPS) is 15.1. The highest BCUT2D eigenvalue weighted by molar-refractivity contribution is 9.10. The maximum Gasteiger partial charge on any atom is 0.214 e. The van der Waals surface area contributed by atoms with Gasteiger partial charge < -0.3 is 5.73 Å². The van der Waals surface area contributed by atoms with E-state index >= 15 is 0 Å². The summed E-state index contributed by atoms with van der Waals surface area (Å²) in [5.74, 6) is 0. The van der Waals surface area contributed by atoms with Crippen LogP contribution in [0, 0.1) is 0 Å². The minimum Gasteiger partial charge on any atom is -0.398 e. The minimum atomic E-state index is 0.473. The van der Waals surface area contributed by atoms with Crippen LogP contribution >= 0.6 is 27.7 Å². The van der Waals surface area contributed by atoms with Gasteiger partial charge in [-0.1, -0.05) is 15.9 Å². The lowest BCUT2D eigenvalue weighted by Crippen LogP contribution is -1.99. The quantitative estimate of drug-likeness (QED) is 0.882. The zero-order chi connectivity index (χ0) is 11.8. The standard InChI is InChI=1S/C10H10BrN5S/c11-6-1-4-8(12)9(5-6)17-10-13-14-15-16(10)7-2-3-7/h1,4-5,7H,2-3,12H2. The van der Waals surface area contributed by atoms with Gasteiger partial charge in [0, 0.05) is 15.1 Å². The van der Waals surface area contributed by atoms with Gasteiger partial charge >= 0.3 is 0 Å². The van der Waals surface area contributed by atoms with Crippen molar-refractivity contribution in [1.29, 1.82) is 0 Å². The Labute approximate surface area is 111 Å². The third-order valence-corrected chi connectivity index (χ3v) is 4.05. The first kappa shape index (κ1) is 11.0. The van der Waals surface area contributed by atoms with Crippen LogP contribution in [-0.4, -0.2) is 20.2 Å². The van der Waals surface area contributed by atoms with Gasteiger partial charge in [-0.2, -0.15) is 0 Å². The Morgan fingerprint density at radius 2 is 2.24 bits per heavy atom. The van der Waals surface area contributed by atoms with Gasteiger partial charge in [-0.25, -0.2) is 4.68 Å². The van der Waals surface area contributed by atoms with Crippen LogP contribution in [0.1, 0.15) is 18.9 Å². The van der Waals surface area contributed by atoms with Gasteiger partial charge in [0.1, 0.15) is 0 Å². The molecule has 1 saturated carbocycles. The third kappa shape index (κ3) is 2.30. The molecule has 7 heteroatoms. The summed E-state index contributed by atoms with van der Waals surface area (Å²) < 4.78 is 2.88. The lowest BCUT2D eigenvalue weighted by Gasteiger charge is -2.05. The molecule has 1 aromatic carbocycles. The van der Waals surface area contributed by atoms with Crippen molar-refractivity contribution in [2.75, 3.05) is 5.73 Å². The number of nitrogens with zero attached hydrogens (tertiary/aromatic N) is 4. The zero-order valence-electron chi connectivity index (χ0n) is 8.88. The maximum absolute atomic E-state index is 5.93. The monoisotopic (exact) mass is 311 g/mol. The fourth-order valence-electron chi connectivity index (χ4n) is 1.50. The predicted octanol–water partition coefficient (Wildman–Crippen LogP) is 2.50. The van der Waals surface area contributed by atoms with E-state index in [0.717, 1.165) is 33.1 Å². The van der Waals surface area contributed by atoms with E-state index in [1.807, 2.05) is 22.9 Å². The number of nitrogens with two attached hydrogens (primary N) is 1. The van der Waals surface area contributed by atoms with Crippen molar-refractivity contribution in [3.8, 4) is 0 Å². The number of benzene rings is 1. The molecule has 5 nitrogen and oxygen atoms in total. The Kier molecular flexibility index (Phi) is 2.79. The number of halogens is 1. The topological polar surface area (TPSA) is 69.6 Å². The highest BCUT2D eigenvalue weighted by atomic mass is 79.9. The smallest absolute Gasteiger partial charge is 0.214 e. The van der Waals surface area contributed by atoms with E-state index in [4.69, 9.17) is 5.73 Å². The van der Waals surface area contributed by atoms with E-state index in [2.05, 4.69) is 31.5 Å². The second kappa shape index (κ2) is 4.30. The first-order chi connectivity index (χ1) is 8.24. The largest absolute Gasteiger partial charge is 0.398 e. The molecule has 2 N–H and O–H groups in total. The SMILES string of the molecule is Nc1ccc(Br)cc1Sc1nnnn1C1CC1. The number of rotatable bonds is 3. The molecular weight excluding hydrogens is 302 g/mol. The van der Waals surface area contributed by atoms with Crippen molar-refractivity contribution in [1.82, 2.24) is 20.2 Å². The van der Waals surface area contributed by atoms with Gasteiger partial charge in [-0.15, -0.1) is 5.10 Å². The number of hydrogen-bond acceptors (Lipinski definition) is 5. The third-order valence-electron chi connectivity index (χ3n) is 2.53. The van der Waals surface area contributed by atoms with Crippen molar-refractivity contribution in [2.24, 2.45) is 0 Å². The van der Waals surface area contributed by atoms with Crippen molar-refractivity contribution in [2.45, 2.75) is 28.9 Å². The molecule has 1 aromatic heterocycles. The summed E-state index contributed by atoms with van der Waals surface area (Å²) in [5.41, 5.74) is 6.67. The maximum atomic E-state index is 5.93. The van der Waals surface area contributed by atoms with Crippen LogP contribution in [0.4, 0.5) is 5.69 Å². The molecule has 88 valence electrons. The molecule has 0 amide bonds. The average molecular weight is 312 g/mol. The van der Waals surface area contributed by atoms with Gasteiger partial charge in [0.25, 0.3) is 0 Å². The molecule has 0 unspecified atom stereocenters. The molecule has 17 heavy (non-hydrogen) atoms. The van der Waals surface area contributed by atoms with Crippen LogP contribution in [0.5, 0.6) is 0 Å². The Morgan fingerprint density at radius 3 is 3.00 bits per heavy atom. The summed E-state index contributed by atoms with van der Waals surface area (Å²) in [6.45, 7) is 0. The van der Waals surface area contributed by atoms with E-state index in [1.165, 1.54) is 11.8 Å². The molecule has 1 aliphatic carbocycles. The molecule has 0 saturated heterocycles. The Morgan fingerprint density at radius 1 is 1.41 bits per heavy atom. The zero-order valence-corrected chi connectivity index (χ0v) is 11.3. The Balaban J connectivity index is 1.90. The summed E-state index contributed by atoms with van der Waals surface area (Å²) in [7, 11) is 0. The van der Waals surface area contributed by atoms with Crippen molar-refractivity contribution < 1.29 is 0 Å². The highest BCUT2D eigenvalue weighted by Gasteiger charge is 2.28. The summed E-state index contributed by atoms with van der Waals surface area (Å²) in [4.78, 5) is 0.969. The van der Waals surface area contributed by atoms with Gasteiger partial charge in [0.2, 0.25) is 5.16 Å². The number of tetrazole rings is 1. The van der Waals surface area contributed by atoms with Gasteiger partial charge in [-0.3, -0.25) is 0 Å². The summed E-state index contributed by atoms with van der Waals surface area (Å²) >= 11 is 4.93. The Hall–Kier alpha value is -1.08. The fraction of sp³-hybridized carbons (Fsp3) is 0.300. The van der Waals surface area contributed by atoms with Crippen LogP contribution in [0.2, 0.25) is 0 Å². The second-order valence-corrected chi connectivity index (χ2v) is 5.85. The van der Waals surface area contributed by atoms with Gasteiger partial charge in [-0.05, 0) is 53.2 Å². The highest BCUT2D eigenvalue weighted by Crippen LogP contribution is 2.39. The number of aromatic nitrogens is 4. The first-order valence-corrected chi connectivity index (χ1v) is 6.86. The van der Waals surface area contributed by atoms with E-state index < -0.39 is 0 Å². The molecule has 1 aliphatic rings. The predicted molar refractivity (Wildman–Crippen MR) is 68.8 cm³/mol. The summed E-state index contributed by atoms with van der Waals surface area (Å²) in [5, 5.41) is 12.6. The van der Waals surface area contributed by atoms with Crippen molar-refractivity contribution >= 4 is 33.4 Å². The molecule has 0 radical (unpaired) electrons. The van der Waals surface area contributed by atoms with Crippen LogP contribution in [-0.2, 0) is 0 Å². The van der Waals surface area contributed by atoms with Crippen molar-refractivity contribution in [3.05, 3.63) is 22.7 Å². The molecule has 0 bridgehead atoms. The number of hydrogen-bond donors (Lipinski definition) is 1. The molecule has 0 atom stereocenters. The molecule has 0 aliphatic heterocycles. The van der Waals surface area contributed by atoms with Crippen LogP contribution in [0.3, 0.4) is 0 Å². The second-order valence-electron chi connectivity index (χ2n) is 3.92. The lowest BCUT2D eigenvalue weighted by atomic mass is 10.3. The first-order valence-electron chi connectivity index (χ1n) is 5.25. The van der Waals surface area contributed by atoms with Crippen LogP contribution in [0.25, 0.3) is 0 Å². The lowest BCUT2D eigenvalue weighted by molar-refractivity contribution is 0.565. The van der Waals surface area contributed by atoms with Crippen molar-refractivity contribution in [3.63, 3.8) is 0 Å². The fourth-order valence-corrected chi connectivity index (χ4v) is 2.93. The van der Waals surface area contributed by atoms with E-state index in [1.54, 1.807) is 0 Å². The molecular formula is C10H10BrN5S. The van der Waals surface area contributed by atoms with E-state index in [0.29, 0.717) is 6.04 Å². The molecule has 2 aromatic rings. The number of nitrogen functional groups attached to an aromatic ring is 1. The summed E-state index contributed by atoms with van der Waals surface area (Å²) in [6, 6.07) is 6.24. The molecule has 0 spiro atoms. The van der Waals surface area contributed by atoms with Gasteiger partial charge in [0.05, 0.1) is 6.04 Å². The Bertz CT molecular complexity index is 551. The molecule has 3 rings (SSSR count). The number of anilines is 1. The minimum absolute atomic E-state index is 0.473. The van der Waals surface area contributed by atoms with E-state index in [-0.39, 0.29) is 0 Å². The summed E-state index contributed by atoms with van der Waals surface area (Å²) in [6.07, 6.45) is 2.32. The van der Waals surface area contributed by atoms with E-state index in [9.17, 15) is 0 Å². The van der Waals surface area contributed by atoms with Gasteiger partial charge in [0.15, 0.2) is 0 Å². The average Bonchev–Trinajstić information content (AvgIpc) is 3.05. The van der Waals surface area contributed by atoms with Crippen LogP contribution in [0.15, 0.2) is 32.7 Å². The molecule has 1 fully saturated rings. The molecule has 1 heterocycles.